The van der Waals surface area contributed by atoms with Crippen LogP contribution in [0.1, 0.15) is 13.8 Å². The average Bonchev–Trinajstić information content (AvgIpc) is 2.04. The lowest BCUT2D eigenvalue weighted by Crippen LogP contribution is -2.00. The van der Waals surface area contributed by atoms with E-state index in [-0.39, 0.29) is 0 Å². The van der Waals surface area contributed by atoms with Crippen molar-refractivity contribution >= 4 is 35.0 Å². The summed E-state index contributed by atoms with van der Waals surface area (Å²) in [4.78, 5) is 0. The van der Waals surface area contributed by atoms with Gasteiger partial charge in [0.2, 0.25) is 0 Å². The second kappa shape index (κ2) is 7.33. The molecule has 0 aromatic carbocycles. The molecular formula is C8H14Cl2S. The molecule has 0 amide bonds. The van der Waals surface area contributed by atoms with Gasteiger partial charge in [-0.15, -0.1) is 11.6 Å². The number of halogens is 2. The molecule has 0 saturated carbocycles. The molecule has 0 aliphatic heterocycles. The number of hydrogen-bond acceptors (Lipinski definition) is 1. The van der Waals surface area contributed by atoms with Crippen molar-refractivity contribution in [2.24, 2.45) is 5.92 Å². The zero-order valence-corrected chi connectivity index (χ0v) is 9.27. The Hall–Kier alpha value is 0.670. The molecule has 66 valence electrons. The van der Waals surface area contributed by atoms with Crippen LogP contribution in [0, 0.1) is 5.92 Å². The summed E-state index contributed by atoms with van der Waals surface area (Å²) in [6.45, 7) is 4.19. The molecule has 0 nitrogen and oxygen atoms in total. The highest BCUT2D eigenvalue weighted by molar-refractivity contribution is 7.99. The van der Waals surface area contributed by atoms with Crippen molar-refractivity contribution in [3.8, 4) is 0 Å². The third-order valence-electron chi connectivity index (χ3n) is 1.18. The molecule has 0 aliphatic carbocycles. The Bertz CT molecular complexity index is 123. The van der Waals surface area contributed by atoms with Crippen LogP contribution in [0.4, 0.5) is 0 Å². The molecule has 0 spiro atoms. The van der Waals surface area contributed by atoms with Gasteiger partial charge in [-0.2, -0.15) is 11.8 Å². The van der Waals surface area contributed by atoms with Crippen LogP contribution in [0.5, 0.6) is 0 Å². The molecule has 0 aromatic rings. The van der Waals surface area contributed by atoms with Gasteiger partial charge in [-0.1, -0.05) is 24.1 Å². The molecular weight excluding hydrogens is 199 g/mol. The van der Waals surface area contributed by atoms with Crippen LogP contribution in [-0.4, -0.2) is 17.4 Å². The first-order chi connectivity index (χ1) is 5.20. The number of hydrogen-bond donors (Lipinski definition) is 0. The SMILES string of the molecule is CC(=CCl)CSCC(C)CCl. The lowest BCUT2D eigenvalue weighted by atomic mass is 10.3. The Morgan fingerprint density at radius 3 is 2.73 bits per heavy atom. The van der Waals surface area contributed by atoms with Gasteiger partial charge in [-0.3, -0.25) is 0 Å². The van der Waals surface area contributed by atoms with Gasteiger partial charge in [0.15, 0.2) is 0 Å². The monoisotopic (exact) mass is 212 g/mol. The van der Waals surface area contributed by atoms with Gasteiger partial charge in [0.05, 0.1) is 0 Å². The Labute approximate surface area is 83.3 Å². The molecule has 0 aliphatic rings. The molecule has 0 N–H and O–H groups in total. The molecule has 0 aromatic heterocycles. The van der Waals surface area contributed by atoms with Gasteiger partial charge < -0.3 is 0 Å². The molecule has 0 radical (unpaired) electrons. The lowest BCUT2D eigenvalue weighted by Gasteiger charge is -2.05. The predicted octanol–water partition coefficient (Wildman–Crippen LogP) is 3.74. The maximum atomic E-state index is 5.65. The Kier molecular flexibility index (Phi) is 7.77. The second-order valence-corrected chi connectivity index (χ2v) is 4.29. The Balaban J connectivity index is 3.27. The fourth-order valence-electron chi connectivity index (χ4n) is 0.497. The predicted molar refractivity (Wildman–Crippen MR) is 56.8 cm³/mol. The Morgan fingerprint density at radius 2 is 2.27 bits per heavy atom. The normalized spacial score (nSPS) is 15.1. The van der Waals surface area contributed by atoms with E-state index in [9.17, 15) is 0 Å². The van der Waals surface area contributed by atoms with E-state index >= 15 is 0 Å². The van der Waals surface area contributed by atoms with Crippen molar-refractivity contribution in [3.63, 3.8) is 0 Å². The van der Waals surface area contributed by atoms with Crippen molar-refractivity contribution in [1.82, 2.24) is 0 Å². The molecule has 3 heteroatoms. The van der Waals surface area contributed by atoms with E-state index in [1.807, 2.05) is 18.7 Å². The minimum Gasteiger partial charge on any atom is -0.157 e. The fourth-order valence-corrected chi connectivity index (χ4v) is 1.95. The van der Waals surface area contributed by atoms with Crippen molar-refractivity contribution in [2.75, 3.05) is 17.4 Å². The Morgan fingerprint density at radius 1 is 1.64 bits per heavy atom. The van der Waals surface area contributed by atoms with E-state index in [2.05, 4.69) is 6.92 Å². The summed E-state index contributed by atoms with van der Waals surface area (Å²) in [6.07, 6.45) is 0. The smallest absolute Gasteiger partial charge is 0.0257 e. The zero-order chi connectivity index (χ0) is 8.69. The van der Waals surface area contributed by atoms with Crippen LogP contribution in [0.15, 0.2) is 11.1 Å². The standard InChI is InChI=1S/C8H14Cl2S/c1-7(3-9)5-11-6-8(2)4-10/h3,8H,4-6H2,1-2H3. The molecule has 1 unspecified atom stereocenters. The quantitative estimate of drug-likeness (QED) is 0.627. The maximum absolute atomic E-state index is 5.65. The van der Waals surface area contributed by atoms with Crippen LogP contribution >= 0.6 is 35.0 Å². The highest BCUT2D eigenvalue weighted by Crippen LogP contribution is 2.13. The summed E-state index contributed by atoms with van der Waals surface area (Å²) in [5.41, 5.74) is 2.86. The van der Waals surface area contributed by atoms with Crippen molar-refractivity contribution in [3.05, 3.63) is 11.1 Å². The molecule has 0 bridgehead atoms. The topological polar surface area (TPSA) is 0 Å². The van der Waals surface area contributed by atoms with E-state index in [0.717, 1.165) is 17.4 Å². The summed E-state index contributed by atoms with van der Waals surface area (Å²) in [5.74, 6) is 3.48. The van der Waals surface area contributed by atoms with Crippen LogP contribution < -0.4 is 0 Å². The fraction of sp³-hybridized carbons (Fsp3) is 0.750. The average molecular weight is 213 g/mol. The second-order valence-electron chi connectivity index (χ2n) is 2.73. The van der Waals surface area contributed by atoms with E-state index in [1.165, 1.54) is 5.57 Å². The highest BCUT2D eigenvalue weighted by atomic mass is 35.5. The van der Waals surface area contributed by atoms with Crippen molar-refractivity contribution < 1.29 is 0 Å². The van der Waals surface area contributed by atoms with E-state index in [1.54, 1.807) is 5.54 Å². The summed E-state index contributed by atoms with van der Waals surface area (Å²) in [7, 11) is 0. The number of thioether (sulfide) groups is 1. The number of rotatable bonds is 5. The van der Waals surface area contributed by atoms with Crippen molar-refractivity contribution in [2.45, 2.75) is 13.8 Å². The summed E-state index contributed by atoms with van der Waals surface area (Å²) in [5, 5.41) is 0. The molecule has 0 heterocycles. The maximum Gasteiger partial charge on any atom is 0.0257 e. The summed E-state index contributed by atoms with van der Waals surface area (Å²) >= 11 is 13.0. The van der Waals surface area contributed by atoms with E-state index < -0.39 is 0 Å². The van der Waals surface area contributed by atoms with Gasteiger partial charge in [0.1, 0.15) is 0 Å². The van der Waals surface area contributed by atoms with Crippen LogP contribution in [0.3, 0.4) is 0 Å². The van der Waals surface area contributed by atoms with Crippen LogP contribution in [0.2, 0.25) is 0 Å². The molecule has 0 rings (SSSR count). The first-order valence-electron chi connectivity index (χ1n) is 3.60. The molecule has 0 fully saturated rings. The van der Waals surface area contributed by atoms with Gasteiger partial charge in [-0.05, 0) is 18.6 Å². The third-order valence-corrected chi connectivity index (χ3v) is 3.55. The first kappa shape index (κ1) is 11.7. The molecule has 1 atom stereocenters. The van der Waals surface area contributed by atoms with E-state index in [4.69, 9.17) is 23.2 Å². The lowest BCUT2D eigenvalue weighted by molar-refractivity contribution is 0.759. The van der Waals surface area contributed by atoms with Gasteiger partial charge in [-0.25, -0.2) is 0 Å². The molecule has 0 saturated heterocycles. The largest absolute Gasteiger partial charge is 0.157 e. The summed E-state index contributed by atoms with van der Waals surface area (Å²) in [6, 6.07) is 0. The van der Waals surface area contributed by atoms with Crippen LogP contribution in [-0.2, 0) is 0 Å². The third kappa shape index (κ3) is 7.04. The number of alkyl halides is 1. The van der Waals surface area contributed by atoms with Gasteiger partial charge in [0.25, 0.3) is 0 Å². The van der Waals surface area contributed by atoms with Crippen LogP contribution in [0.25, 0.3) is 0 Å². The highest BCUT2D eigenvalue weighted by Gasteiger charge is 1.99. The van der Waals surface area contributed by atoms with Gasteiger partial charge >= 0.3 is 0 Å². The van der Waals surface area contributed by atoms with E-state index in [0.29, 0.717) is 5.92 Å². The summed E-state index contributed by atoms with van der Waals surface area (Å²) < 4.78 is 0. The molecule has 11 heavy (non-hydrogen) atoms. The minimum absolute atomic E-state index is 0.602. The first-order valence-corrected chi connectivity index (χ1v) is 5.72. The minimum atomic E-state index is 0.602. The van der Waals surface area contributed by atoms with Crippen molar-refractivity contribution in [1.29, 1.82) is 0 Å². The zero-order valence-electron chi connectivity index (χ0n) is 6.94. The van der Waals surface area contributed by atoms with Gasteiger partial charge in [0, 0.05) is 17.2 Å².